The molecular weight excluding hydrogens is 320 g/mol. The number of aromatic amines is 1. The van der Waals surface area contributed by atoms with Crippen LogP contribution in [0.4, 0.5) is 5.69 Å². The highest BCUT2D eigenvalue weighted by atomic mass is 32.2. The van der Waals surface area contributed by atoms with E-state index in [9.17, 15) is 10.1 Å². The van der Waals surface area contributed by atoms with Crippen LogP contribution in [0, 0.1) is 10.1 Å². The molecule has 2 heterocycles. The Hall–Kier alpha value is -2.19. The second-order valence-corrected chi connectivity index (χ2v) is 6.81. The third-order valence-electron chi connectivity index (χ3n) is 3.05. The summed E-state index contributed by atoms with van der Waals surface area (Å²) in [6.07, 6.45) is 0. The van der Waals surface area contributed by atoms with Crippen molar-refractivity contribution in [2.24, 2.45) is 0 Å². The third kappa shape index (κ3) is 3.18. The standard InChI is InChI=1S/C14H12N4O2S2/c1-9(10-4-2-5-11(8-10)18(19)20)22-14-15-13(16-17-14)12-6-3-7-21-12/h2-9H,1H3,(H,15,16,17)/t9-/m0/s1. The van der Waals surface area contributed by atoms with Crippen LogP contribution in [0.5, 0.6) is 0 Å². The maximum Gasteiger partial charge on any atom is 0.269 e. The summed E-state index contributed by atoms with van der Waals surface area (Å²) in [5, 5.41) is 20.6. The van der Waals surface area contributed by atoms with E-state index in [4.69, 9.17) is 0 Å². The van der Waals surface area contributed by atoms with Crippen molar-refractivity contribution in [2.45, 2.75) is 17.3 Å². The topological polar surface area (TPSA) is 84.7 Å². The molecule has 0 radical (unpaired) electrons. The molecule has 0 saturated carbocycles. The van der Waals surface area contributed by atoms with Gasteiger partial charge in [-0.1, -0.05) is 30.0 Å². The lowest BCUT2D eigenvalue weighted by molar-refractivity contribution is -0.384. The van der Waals surface area contributed by atoms with E-state index in [0.29, 0.717) is 5.16 Å². The van der Waals surface area contributed by atoms with Gasteiger partial charge in [-0.05, 0) is 23.9 Å². The minimum atomic E-state index is -0.386. The molecule has 0 saturated heterocycles. The average Bonchev–Trinajstić information content (AvgIpc) is 3.18. The Bertz CT molecular complexity index is 786. The molecule has 22 heavy (non-hydrogen) atoms. The lowest BCUT2D eigenvalue weighted by atomic mass is 10.1. The zero-order valence-corrected chi connectivity index (χ0v) is 13.2. The SMILES string of the molecule is C[C@H](Sc1n[nH]c(-c2cccs2)n1)c1cccc([N+](=O)[O-])c1. The molecule has 0 aliphatic heterocycles. The average molecular weight is 332 g/mol. The maximum absolute atomic E-state index is 10.8. The molecule has 0 fully saturated rings. The molecule has 2 aromatic heterocycles. The van der Waals surface area contributed by atoms with Gasteiger partial charge in [0.15, 0.2) is 5.82 Å². The summed E-state index contributed by atoms with van der Waals surface area (Å²) in [4.78, 5) is 15.9. The van der Waals surface area contributed by atoms with Gasteiger partial charge in [0.25, 0.3) is 5.69 Å². The van der Waals surface area contributed by atoms with Crippen LogP contribution in [0.25, 0.3) is 10.7 Å². The Morgan fingerprint density at radius 3 is 2.95 bits per heavy atom. The Labute approximate surface area is 134 Å². The lowest BCUT2D eigenvalue weighted by Crippen LogP contribution is -1.93. The Balaban J connectivity index is 1.75. The van der Waals surface area contributed by atoms with Crippen molar-refractivity contribution >= 4 is 28.8 Å². The van der Waals surface area contributed by atoms with E-state index in [1.165, 1.54) is 17.8 Å². The Kier molecular flexibility index (Phi) is 4.21. The summed E-state index contributed by atoms with van der Waals surface area (Å²) in [5.74, 6) is 0.740. The largest absolute Gasteiger partial charge is 0.269 e. The molecule has 3 aromatic rings. The first-order chi connectivity index (χ1) is 10.6. The van der Waals surface area contributed by atoms with E-state index >= 15 is 0 Å². The van der Waals surface area contributed by atoms with E-state index in [-0.39, 0.29) is 15.9 Å². The zero-order chi connectivity index (χ0) is 15.5. The van der Waals surface area contributed by atoms with E-state index < -0.39 is 0 Å². The van der Waals surface area contributed by atoms with Gasteiger partial charge in [0.05, 0.1) is 9.80 Å². The van der Waals surface area contributed by atoms with Crippen LogP contribution in [0.3, 0.4) is 0 Å². The number of nitro groups is 1. The number of nitrogens with zero attached hydrogens (tertiary/aromatic N) is 3. The molecule has 0 aliphatic rings. The van der Waals surface area contributed by atoms with Gasteiger partial charge in [0, 0.05) is 17.4 Å². The highest BCUT2D eigenvalue weighted by Crippen LogP contribution is 2.35. The molecule has 8 heteroatoms. The number of H-pyrrole nitrogens is 1. The predicted octanol–water partition coefficient (Wildman–Crippen LogP) is 4.29. The van der Waals surface area contributed by atoms with Crippen molar-refractivity contribution in [3.8, 4) is 10.7 Å². The zero-order valence-electron chi connectivity index (χ0n) is 11.6. The fourth-order valence-corrected chi connectivity index (χ4v) is 3.45. The molecule has 0 aliphatic carbocycles. The van der Waals surface area contributed by atoms with E-state index in [1.807, 2.05) is 30.5 Å². The van der Waals surface area contributed by atoms with Gasteiger partial charge in [-0.2, -0.15) is 0 Å². The number of benzene rings is 1. The van der Waals surface area contributed by atoms with Crippen molar-refractivity contribution in [3.63, 3.8) is 0 Å². The first-order valence-corrected chi connectivity index (χ1v) is 8.26. The van der Waals surface area contributed by atoms with Crippen molar-refractivity contribution in [1.82, 2.24) is 15.2 Å². The van der Waals surface area contributed by atoms with Gasteiger partial charge in [0.1, 0.15) is 0 Å². The summed E-state index contributed by atoms with van der Waals surface area (Å²) in [6, 6.07) is 10.6. The van der Waals surface area contributed by atoms with Gasteiger partial charge in [0.2, 0.25) is 5.16 Å². The normalized spacial score (nSPS) is 12.2. The van der Waals surface area contributed by atoms with Gasteiger partial charge < -0.3 is 0 Å². The van der Waals surface area contributed by atoms with Crippen LogP contribution < -0.4 is 0 Å². The second-order valence-electron chi connectivity index (χ2n) is 4.56. The number of nitrogens with one attached hydrogen (secondary N) is 1. The summed E-state index contributed by atoms with van der Waals surface area (Å²) in [7, 11) is 0. The number of hydrogen-bond acceptors (Lipinski definition) is 6. The fraction of sp³-hybridized carbons (Fsp3) is 0.143. The number of thiophene rings is 1. The first-order valence-electron chi connectivity index (χ1n) is 6.51. The summed E-state index contributed by atoms with van der Waals surface area (Å²) >= 11 is 3.06. The molecule has 1 N–H and O–H groups in total. The Morgan fingerprint density at radius 2 is 2.23 bits per heavy atom. The lowest BCUT2D eigenvalue weighted by Gasteiger charge is -2.08. The number of non-ortho nitro benzene ring substituents is 1. The van der Waals surface area contributed by atoms with Crippen molar-refractivity contribution < 1.29 is 4.92 Å². The predicted molar refractivity (Wildman–Crippen MR) is 87.1 cm³/mol. The fourth-order valence-electron chi connectivity index (χ4n) is 1.94. The molecule has 1 aromatic carbocycles. The van der Waals surface area contributed by atoms with Crippen molar-refractivity contribution in [1.29, 1.82) is 0 Å². The van der Waals surface area contributed by atoms with Gasteiger partial charge in [-0.3, -0.25) is 15.2 Å². The van der Waals surface area contributed by atoms with E-state index in [1.54, 1.807) is 23.5 Å². The molecule has 0 unspecified atom stereocenters. The highest BCUT2D eigenvalue weighted by molar-refractivity contribution is 7.99. The van der Waals surface area contributed by atoms with Crippen molar-refractivity contribution in [3.05, 3.63) is 57.5 Å². The molecule has 112 valence electrons. The number of rotatable bonds is 5. The molecule has 0 spiro atoms. The maximum atomic E-state index is 10.8. The molecule has 6 nitrogen and oxygen atoms in total. The van der Waals surface area contributed by atoms with Crippen LogP contribution >= 0.6 is 23.1 Å². The van der Waals surface area contributed by atoms with E-state index in [2.05, 4.69) is 15.2 Å². The van der Waals surface area contributed by atoms with Crippen LogP contribution in [-0.2, 0) is 0 Å². The smallest absolute Gasteiger partial charge is 0.258 e. The van der Waals surface area contributed by atoms with Crippen LogP contribution in [0.15, 0.2) is 46.9 Å². The second kappa shape index (κ2) is 6.29. The van der Waals surface area contributed by atoms with Gasteiger partial charge >= 0.3 is 0 Å². The van der Waals surface area contributed by atoms with Gasteiger partial charge in [-0.25, -0.2) is 4.98 Å². The first kappa shape index (κ1) is 14.7. The molecule has 0 amide bonds. The third-order valence-corrected chi connectivity index (χ3v) is 4.95. The summed E-state index contributed by atoms with van der Waals surface area (Å²) in [5.41, 5.74) is 0.973. The molecule has 3 rings (SSSR count). The van der Waals surface area contributed by atoms with E-state index in [0.717, 1.165) is 16.3 Å². The molecule has 0 bridgehead atoms. The summed E-state index contributed by atoms with van der Waals surface area (Å²) < 4.78 is 0. The number of hydrogen-bond donors (Lipinski definition) is 1. The minimum absolute atomic E-state index is 0.0203. The van der Waals surface area contributed by atoms with Crippen molar-refractivity contribution in [2.75, 3.05) is 0 Å². The van der Waals surface area contributed by atoms with Crippen LogP contribution in [0.2, 0.25) is 0 Å². The van der Waals surface area contributed by atoms with Crippen LogP contribution in [0.1, 0.15) is 17.7 Å². The number of thioether (sulfide) groups is 1. The quantitative estimate of drug-likeness (QED) is 0.428. The summed E-state index contributed by atoms with van der Waals surface area (Å²) in [6.45, 7) is 1.98. The van der Waals surface area contributed by atoms with Gasteiger partial charge in [-0.15, -0.1) is 16.4 Å². The minimum Gasteiger partial charge on any atom is -0.258 e. The monoisotopic (exact) mass is 332 g/mol. The number of nitro benzene ring substituents is 1. The highest BCUT2D eigenvalue weighted by Gasteiger charge is 2.15. The molecule has 1 atom stereocenters. The molecular formula is C14H12N4O2S2. The number of aromatic nitrogens is 3. The van der Waals surface area contributed by atoms with Crippen LogP contribution in [-0.4, -0.2) is 20.1 Å². The Morgan fingerprint density at radius 1 is 1.36 bits per heavy atom.